The Kier molecular flexibility index (Phi) is 5.23. The number of oxazole rings is 1. The number of benzene rings is 1. The molecule has 0 spiro atoms. The van der Waals surface area contributed by atoms with Crippen molar-refractivity contribution in [1.82, 2.24) is 15.3 Å². The van der Waals surface area contributed by atoms with Crippen LogP contribution in [0, 0.1) is 6.92 Å². The van der Waals surface area contributed by atoms with Crippen molar-refractivity contribution in [2.45, 2.75) is 46.1 Å². The zero-order chi connectivity index (χ0) is 18.7. The van der Waals surface area contributed by atoms with E-state index in [9.17, 15) is 4.79 Å². The second kappa shape index (κ2) is 7.41. The molecule has 0 radical (unpaired) electrons. The maximum atomic E-state index is 12.2. The van der Waals surface area contributed by atoms with Crippen LogP contribution in [0.3, 0.4) is 0 Å². The van der Waals surface area contributed by atoms with Gasteiger partial charge in [-0.05, 0) is 12.5 Å². The Hall–Kier alpha value is -2.47. The van der Waals surface area contributed by atoms with Crippen LogP contribution < -0.4 is 5.32 Å². The second-order valence-corrected chi connectivity index (χ2v) is 8.33. The summed E-state index contributed by atoms with van der Waals surface area (Å²) in [5, 5.41) is 5.94. The minimum absolute atomic E-state index is 0.0576. The van der Waals surface area contributed by atoms with Crippen LogP contribution in [0.4, 0.5) is 0 Å². The van der Waals surface area contributed by atoms with Crippen molar-refractivity contribution in [3.8, 4) is 11.3 Å². The molecule has 0 fully saturated rings. The fourth-order valence-electron chi connectivity index (χ4n) is 2.45. The Labute approximate surface area is 157 Å². The van der Waals surface area contributed by atoms with Crippen LogP contribution >= 0.6 is 11.3 Å². The third kappa shape index (κ3) is 4.58. The number of nitrogens with one attached hydrogen (secondary N) is 1. The lowest BCUT2D eigenvalue weighted by molar-refractivity contribution is -0.120. The van der Waals surface area contributed by atoms with Crippen LogP contribution in [0.5, 0.6) is 0 Å². The van der Waals surface area contributed by atoms with Crippen molar-refractivity contribution in [2.75, 3.05) is 0 Å². The first-order valence-corrected chi connectivity index (χ1v) is 9.42. The van der Waals surface area contributed by atoms with E-state index >= 15 is 0 Å². The fraction of sp³-hybridized carbons (Fsp3) is 0.350. The molecule has 2 heterocycles. The lowest BCUT2D eigenvalue weighted by Gasteiger charge is -2.13. The number of aryl methyl sites for hydroxylation is 1. The van der Waals surface area contributed by atoms with Gasteiger partial charge >= 0.3 is 0 Å². The van der Waals surface area contributed by atoms with Crippen molar-refractivity contribution in [1.29, 1.82) is 0 Å². The highest BCUT2D eigenvalue weighted by Crippen LogP contribution is 2.23. The molecule has 136 valence electrons. The summed E-state index contributed by atoms with van der Waals surface area (Å²) in [6.07, 6.45) is 2.05. The van der Waals surface area contributed by atoms with E-state index < -0.39 is 0 Å². The van der Waals surface area contributed by atoms with E-state index in [1.54, 1.807) is 17.5 Å². The Morgan fingerprint density at radius 2 is 1.96 bits per heavy atom. The molecule has 3 aromatic rings. The lowest BCUT2D eigenvalue weighted by Crippen LogP contribution is -2.24. The van der Waals surface area contributed by atoms with Gasteiger partial charge in [-0.25, -0.2) is 9.97 Å². The van der Waals surface area contributed by atoms with Crippen molar-refractivity contribution < 1.29 is 9.21 Å². The summed E-state index contributed by atoms with van der Waals surface area (Å²) >= 11 is 1.63. The number of hydrogen-bond acceptors (Lipinski definition) is 5. The van der Waals surface area contributed by atoms with Gasteiger partial charge < -0.3 is 9.73 Å². The highest BCUT2D eigenvalue weighted by Gasteiger charge is 2.19. The fourth-order valence-corrected chi connectivity index (χ4v) is 3.07. The monoisotopic (exact) mass is 369 g/mol. The van der Waals surface area contributed by atoms with Crippen LogP contribution in [0.15, 0.2) is 40.3 Å². The van der Waals surface area contributed by atoms with Crippen LogP contribution in [0.2, 0.25) is 0 Å². The van der Waals surface area contributed by atoms with Crippen molar-refractivity contribution >= 4 is 17.2 Å². The molecule has 0 aliphatic heterocycles. The van der Waals surface area contributed by atoms with Gasteiger partial charge in [0.2, 0.25) is 11.8 Å². The smallest absolute Gasteiger partial charge is 0.224 e. The standard InChI is InChI=1S/C20H23N3O2S/c1-13-23-16(12-26-13)15-7-5-14(6-8-15)9-18(24)21-11-19-22-10-17(25-19)20(2,3)4/h5-8,10,12H,9,11H2,1-4H3,(H,21,24). The van der Waals surface area contributed by atoms with E-state index in [1.807, 2.05) is 36.6 Å². The van der Waals surface area contributed by atoms with E-state index in [-0.39, 0.29) is 11.3 Å². The quantitative estimate of drug-likeness (QED) is 0.729. The first kappa shape index (κ1) is 18.3. The second-order valence-electron chi connectivity index (χ2n) is 7.27. The zero-order valence-electron chi connectivity index (χ0n) is 15.5. The maximum absolute atomic E-state index is 12.2. The summed E-state index contributed by atoms with van der Waals surface area (Å²) in [6.45, 7) is 8.47. The first-order valence-electron chi connectivity index (χ1n) is 8.54. The molecule has 3 rings (SSSR count). The van der Waals surface area contributed by atoms with Crippen LogP contribution in [-0.2, 0) is 23.2 Å². The summed E-state index contributed by atoms with van der Waals surface area (Å²) < 4.78 is 5.68. The van der Waals surface area contributed by atoms with Gasteiger partial charge in [-0.3, -0.25) is 4.79 Å². The van der Waals surface area contributed by atoms with Crippen LogP contribution in [-0.4, -0.2) is 15.9 Å². The summed E-state index contributed by atoms with van der Waals surface area (Å²) in [5.74, 6) is 1.28. The molecular weight excluding hydrogens is 346 g/mol. The van der Waals surface area contributed by atoms with Gasteiger partial charge in [0, 0.05) is 16.4 Å². The van der Waals surface area contributed by atoms with Crippen LogP contribution in [0.1, 0.15) is 43.0 Å². The number of hydrogen-bond donors (Lipinski definition) is 1. The van der Waals surface area contributed by atoms with Gasteiger partial charge in [0.05, 0.1) is 29.9 Å². The number of amides is 1. The zero-order valence-corrected chi connectivity index (χ0v) is 16.3. The Morgan fingerprint density at radius 1 is 1.23 bits per heavy atom. The summed E-state index contributed by atoms with van der Waals surface area (Å²) in [7, 11) is 0. The summed E-state index contributed by atoms with van der Waals surface area (Å²) in [4.78, 5) is 20.9. The van der Waals surface area contributed by atoms with E-state index in [1.165, 1.54) is 0 Å². The van der Waals surface area contributed by atoms with Gasteiger partial charge in [0.25, 0.3) is 0 Å². The molecule has 1 aromatic carbocycles. The van der Waals surface area contributed by atoms with Crippen molar-refractivity contribution in [2.24, 2.45) is 0 Å². The third-order valence-corrected chi connectivity index (χ3v) is 4.74. The first-order chi connectivity index (χ1) is 12.3. The molecule has 5 nitrogen and oxygen atoms in total. The minimum atomic E-state index is -0.0904. The number of nitrogens with zero attached hydrogens (tertiary/aromatic N) is 2. The number of thiazole rings is 1. The molecule has 2 aromatic heterocycles. The molecule has 0 aliphatic carbocycles. The predicted molar refractivity (Wildman–Crippen MR) is 103 cm³/mol. The van der Waals surface area contributed by atoms with Crippen molar-refractivity contribution in [3.05, 3.63) is 58.1 Å². The molecule has 1 N–H and O–H groups in total. The van der Waals surface area contributed by atoms with E-state index in [0.717, 1.165) is 27.6 Å². The molecule has 1 amide bonds. The molecule has 0 unspecified atom stereocenters. The maximum Gasteiger partial charge on any atom is 0.224 e. The van der Waals surface area contributed by atoms with Gasteiger partial charge in [-0.2, -0.15) is 0 Å². The average molecular weight is 369 g/mol. The van der Waals surface area contributed by atoms with E-state index in [2.05, 4.69) is 36.1 Å². The molecule has 0 saturated carbocycles. The highest BCUT2D eigenvalue weighted by molar-refractivity contribution is 7.09. The number of carbonyl (C=O) groups is 1. The Morgan fingerprint density at radius 3 is 2.54 bits per heavy atom. The SMILES string of the molecule is Cc1nc(-c2ccc(CC(=O)NCc3ncc(C(C)(C)C)o3)cc2)cs1. The highest BCUT2D eigenvalue weighted by atomic mass is 32.1. The molecular formula is C20H23N3O2S. The number of aromatic nitrogens is 2. The number of rotatable bonds is 5. The Balaban J connectivity index is 1.54. The third-order valence-electron chi connectivity index (χ3n) is 3.96. The topological polar surface area (TPSA) is 68.0 Å². The molecule has 0 aliphatic rings. The lowest BCUT2D eigenvalue weighted by atomic mass is 9.94. The van der Waals surface area contributed by atoms with Gasteiger partial charge in [-0.15, -0.1) is 11.3 Å². The molecule has 6 heteroatoms. The molecule has 0 saturated heterocycles. The van der Waals surface area contributed by atoms with Gasteiger partial charge in [0.15, 0.2) is 0 Å². The van der Waals surface area contributed by atoms with Gasteiger partial charge in [-0.1, -0.05) is 45.0 Å². The van der Waals surface area contributed by atoms with Crippen LogP contribution in [0.25, 0.3) is 11.3 Å². The molecule has 0 bridgehead atoms. The average Bonchev–Trinajstić information content (AvgIpc) is 3.22. The van der Waals surface area contributed by atoms with E-state index in [0.29, 0.717) is 18.9 Å². The predicted octanol–water partition coefficient (Wildman–Crippen LogP) is 4.26. The van der Waals surface area contributed by atoms with Gasteiger partial charge in [0.1, 0.15) is 5.76 Å². The summed E-state index contributed by atoms with van der Waals surface area (Å²) in [6, 6.07) is 7.93. The molecule has 0 atom stereocenters. The largest absolute Gasteiger partial charge is 0.443 e. The minimum Gasteiger partial charge on any atom is -0.443 e. The normalized spacial score (nSPS) is 11.5. The summed E-state index contributed by atoms with van der Waals surface area (Å²) in [5.41, 5.74) is 2.91. The molecule has 26 heavy (non-hydrogen) atoms. The van der Waals surface area contributed by atoms with E-state index in [4.69, 9.17) is 4.42 Å². The van der Waals surface area contributed by atoms with Crippen molar-refractivity contribution in [3.63, 3.8) is 0 Å². The Bertz CT molecular complexity index is 888. The number of carbonyl (C=O) groups excluding carboxylic acids is 1.